The maximum atomic E-state index is 5.95. The monoisotopic (exact) mass is 345 g/mol. The molecule has 2 aromatic rings. The highest BCUT2D eigenvalue weighted by Crippen LogP contribution is 2.19. The number of pyridine rings is 1. The fourth-order valence-electron chi connectivity index (χ4n) is 1.94. The third kappa shape index (κ3) is 3.68. The van der Waals surface area contributed by atoms with Gasteiger partial charge in [0.05, 0.1) is 5.88 Å². The number of nitrogens with zero attached hydrogens (tertiary/aromatic N) is 3. The van der Waals surface area contributed by atoms with Crippen molar-refractivity contribution in [1.29, 1.82) is 0 Å². The fourth-order valence-corrected chi connectivity index (χ4v) is 2.46. The van der Waals surface area contributed by atoms with Gasteiger partial charge in [0, 0.05) is 30.4 Å². The molecular formula is C13H17BrClN3O. The molecule has 0 radical (unpaired) electrons. The van der Waals surface area contributed by atoms with Gasteiger partial charge in [-0.25, -0.2) is 9.97 Å². The van der Waals surface area contributed by atoms with Crippen molar-refractivity contribution < 1.29 is 4.74 Å². The van der Waals surface area contributed by atoms with Crippen LogP contribution in [0.25, 0.3) is 11.2 Å². The summed E-state index contributed by atoms with van der Waals surface area (Å²) in [5.74, 6) is 1.25. The van der Waals surface area contributed by atoms with Crippen molar-refractivity contribution in [3.05, 3.63) is 22.6 Å². The van der Waals surface area contributed by atoms with E-state index in [0.29, 0.717) is 5.88 Å². The Morgan fingerprint density at radius 1 is 1.42 bits per heavy atom. The molecule has 6 heteroatoms. The molecule has 0 spiro atoms. The van der Waals surface area contributed by atoms with Crippen molar-refractivity contribution in [3.63, 3.8) is 0 Å². The molecule has 4 nitrogen and oxygen atoms in total. The van der Waals surface area contributed by atoms with E-state index in [-0.39, 0.29) is 0 Å². The Morgan fingerprint density at radius 2 is 2.26 bits per heavy atom. The van der Waals surface area contributed by atoms with Gasteiger partial charge in [-0.15, -0.1) is 11.6 Å². The van der Waals surface area contributed by atoms with Crippen LogP contribution < -0.4 is 0 Å². The number of hydrogen-bond donors (Lipinski definition) is 0. The van der Waals surface area contributed by atoms with E-state index in [1.165, 1.54) is 0 Å². The van der Waals surface area contributed by atoms with Crippen molar-refractivity contribution in [2.24, 2.45) is 0 Å². The van der Waals surface area contributed by atoms with Crippen LogP contribution in [-0.4, -0.2) is 27.7 Å². The first-order valence-electron chi connectivity index (χ1n) is 6.40. The summed E-state index contributed by atoms with van der Waals surface area (Å²) in [6, 6.07) is 1.96. The predicted octanol–water partition coefficient (Wildman–Crippen LogP) is 3.75. The first-order chi connectivity index (χ1) is 9.26. The molecule has 0 amide bonds. The summed E-state index contributed by atoms with van der Waals surface area (Å²) in [4.78, 5) is 8.92. The zero-order valence-electron chi connectivity index (χ0n) is 10.9. The standard InChI is InChI=1S/C13H17BrClN3O/c1-2-5-19-6-3-4-18-12(8-15)17-11-7-10(14)9-16-13(11)18/h7,9H,2-6,8H2,1H3. The zero-order valence-corrected chi connectivity index (χ0v) is 13.2. The molecule has 2 rings (SSSR count). The summed E-state index contributed by atoms with van der Waals surface area (Å²) >= 11 is 9.36. The average Bonchev–Trinajstić information content (AvgIpc) is 2.75. The van der Waals surface area contributed by atoms with Crippen LogP contribution in [-0.2, 0) is 17.2 Å². The van der Waals surface area contributed by atoms with E-state index in [0.717, 1.165) is 54.1 Å². The van der Waals surface area contributed by atoms with Crippen LogP contribution in [0, 0.1) is 0 Å². The third-order valence-electron chi connectivity index (χ3n) is 2.77. The molecule has 0 fully saturated rings. The number of ether oxygens (including phenoxy) is 1. The van der Waals surface area contributed by atoms with Crippen molar-refractivity contribution in [1.82, 2.24) is 14.5 Å². The summed E-state index contributed by atoms with van der Waals surface area (Å²) in [6.45, 7) is 4.51. The van der Waals surface area contributed by atoms with Gasteiger partial charge in [-0.2, -0.15) is 0 Å². The average molecular weight is 347 g/mol. The maximum Gasteiger partial charge on any atom is 0.160 e. The van der Waals surface area contributed by atoms with E-state index in [4.69, 9.17) is 16.3 Å². The van der Waals surface area contributed by atoms with E-state index in [1.807, 2.05) is 6.07 Å². The highest BCUT2D eigenvalue weighted by atomic mass is 79.9. The molecule has 0 aromatic carbocycles. The van der Waals surface area contributed by atoms with Gasteiger partial charge < -0.3 is 9.30 Å². The number of hydrogen-bond acceptors (Lipinski definition) is 3. The molecule has 2 heterocycles. The predicted molar refractivity (Wildman–Crippen MR) is 80.5 cm³/mol. The largest absolute Gasteiger partial charge is 0.381 e. The normalized spacial score (nSPS) is 11.3. The van der Waals surface area contributed by atoms with Crippen LogP contribution in [0.4, 0.5) is 0 Å². The second-order valence-electron chi connectivity index (χ2n) is 4.28. The molecular weight excluding hydrogens is 330 g/mol. The number of fused-ring (bicyclic) bond motifs is 1. The third-order valence-corrected chi connectivity index (χ3v) is 3.44. The summed E-state index contributed by atoms with van der Waals surface area (Å²) < 4.78 is 8.49. The molecule has 0 saturated carbocycles. The second kappa shape index (κ2) is 7.22. The lowest BCUT2D eigenvalue weighted by atomic mass is 10.4. The second-order valence-corrected chi connectivity index (χ2v) is 5.46. The van der Waals surface area contributed by atoms with E-state index in [2.05, 4.69) is 37.4 Å². The molecule has 0 aliphatic heterocycles. The molecule has 0 N–H and O–H groups in total. The summed E-state index contributed by atoms with van der Waals surface area (Å²) in [5.41, 5.74) is 1.76. The Bertz CT molecular complexity index is 544. The Morgan fingerprint density at radius 3 is 3.00 bits per heavy atom. The number of imidazole rings is 1. The zero-order chi connectivity index (χ0) is 13.7. The van der Waals surface area contributed by atoms with Crippen LogP contribution in [0.5, 0.6) is 0 Å². The molecule has 0 aliphatic rings. The fraction of sp³-hybridized carbons (Fsp3) is 0.538. The minimum absolute atomic E-state index is 0.393. The van der Waals surface area contributed by atoms with Gasteiger partial charge in [0.1, 0.15) is 11.3 Å². The first kappa shape index (κ1) is 14.8. The van der Waals surface area contributed by atoms with E-state index in [1.54, 1.807) is 6.20 Å². The minimum atomic E-state index is 0.393. The van der Waals surface area contributed by atoms with Crippen molar-refractivity contribution in [2.75, 3.05) is 13.2 Å². The summed E-state index contributed by atoms with van der Waals surface area (Å²) in [7, 11) is 0. The van der Waals surface area contributed by atoms with E-state index >= 15 is 0 Å². The highest BCUT2D eigenvalue weighted by molar-refractivity contribution is 9.10. The molecule has 0 atom stereocenters. The van der Waals surface area contributed by atoms with Crippen LogP contribution in [0.15, 0.2) is 16.7 Å². The molecule has 0 unspecified atom stereocenters. The lowest BCUT2D eigenvalue weighted by molar-refractivity contribution is 0.129. The van der Waals surface area contributed by atoms with Gasteiger partial charge in [0.15, 0.2) is 5.65 Å². The summed E-state index contributed by atoms with van der Waals surface area (Å²) in [6.07, 6.45) is 3.77. The van der Waals surface area contributed by atoms with E-state index < -0.39 is 0 Å². The van der Waals surface area contributed by atoms with Crippen molar-refractivity contribution in [3.8, 4) is 0 Å². The van der Waals surface area contributed by atoms with Gasteiger partial charge in [-0.05, 0) is 34.8 Å². The molecule has 19 heavy (non-hydrogen) atoms. The molecule has 0 aliphatic carbocycles. The molecule has 0 saturated heterocycles. The number of aromatic nitrogens is 3. The van der Waals surface area contributed by atoms with Crippen LogP contribution in [0.1, 0.15) is 25.6 Å². The van der Waals surface area contributed by atoms with Crippen molar-refractivity contribution in [2.45, 2.75) is 32.2 Å². The van der Waals surface area contributed by atoms with Gasteiger partial charge in [-0.3, -0.25) is 0 Å². The molecule has 104 valence electrons. The highest BCUT2D eigenvalue weighted by Gasteiger charge is 2.11. The van der Waals surface area contributed by atoms with Crippen LogP contribution in [0.3, 0.4) is 0 Å². The van der Waals surface area contributed by atoms with Gasteiger partial charge in [0.2, 0.25) is 0 Å². The molecule has 2 aromatic heterocycles. The summed E-state index contributed by atoms with van der Waals surface area (Å²) in [5, 5.41) is 0. The Labute approximate surface area is 126 Å². The van der Waals surface area contributed by atoms with E-state index in [9.17, 15) is 0 Å². The van der Waals surface area contributed by atoms with Crippen LogP contribution in [0.2, 0.25) is 0 Å². The number of aryl methyl sites for hydroxylation is 1. The van der Waals surface area contributed by atoms with Gasteiger partial charge >= 0.3 is 0 Å². The Kier molecular flexibility index (Phi) is 5.60. The number of halogens is 2. The Hall–Kier alpha value is -0.650. The lowest BCUT2D eigenvalue weighted by Gasteiger charge is -2.07. The maximum absolute atomic E-state index is 5.95. The Balaban J connectivity index is 2.11. The molecule has 0 bridgehead atoms. The quantitative estimate of drug-likeness (QED) is 0.566. The first-order valence-corrected chi connectivity index (χ1v) is 7.73. The van der Waals surface area contributed by atoms with Gasteiger partial charge in [-0.1, -0.05) is 6.92 Å². The SMILES string of the molecule is CCCOCCCn1c(CCl)nc2cc(Br)cnc21. The van der Waals surface area contributed by atoms with Crippen LogP contribution >= 0.6 is 27.5 Å². The number of rotatable bonds is 7. The number of alkyl halides is 1. The van der Waals surface area contributed by atoms with Crippen molar-refractivity contribution >= 4 is 38.7 Å². The van der Waals surface area contributed by atoms with Gasteiger partial charge in [0.25, 0.3) is 0 Å². The lowest BCUT2D eigenvalue weighted by Crippen LogP contribution is -2.06. The minimum Gasteiger partial charge on any atom is -0.381 e. The topological polar surface area (TPSA) is 39.9 Å². The smallest absolute Gasteiger partial charge is 0.160 e.